The van der Waals surface area contributed by atoms with Gasteiger partial charge in [0.05, 0.1) is 6.04 Å². The number of amides is 1. The minimum atomic E-state index is -0.606. The summed E-state index contributed by atoms with van der Waals surface area (Å²) in [6.45, 7) is 9.03. The van der Waals surface area contributed by atoms with Gasteiger partial charge in [0.2, 0.25) is 0 Å². The van der Waals surface area contributed by atoms with E-state index >= 15 is 0 Å². The van der Waals surface area contributed by atoms with Crippen LogP contribution in [0.3, 0.4) is 0 Å². The Morgan fingerprint density at radius 1 is 1.17 bits per heavy atom. The number of nitrogens with one attached hydrogen (secondary N) is 1. The standard InChI is InChI=1S/C18H26FNO3/c1-12(2)16(21)11-10-15(13-6-8-14(19)9-7-13)20-17(22)23-18(3,4)5/h6-9,12,15H,10-11H2,1-5H3,(H,20,22)/t15-/m0/s1. The molecule has 0 aliphatic rings. The first kappa shape index (κ1) is 19.1. The molecule has 0 aliphatic carbocycles. The van der Waals surface area contributed by atoms with Crippen LogP contribution in [0.1, 0.15) is 59.1 Å². The molecule has 0 heterocycles. The Morgan fingerprint density at radius 2 is 1.74 bits per heavy atom. The largest absolute Gasteiger partial charge is 0.444 e. The van der Waals surface area contributed by atoms with Crippen molar-refractivity contribution in [3.05, 3.63) is 35.6 Å². The summed E-state index contributed by atoms with van der Waals surface area (Å²) >= 11 is 0. The second-order valence-corrected chi connectivity index (χ2v) is 6.91. The van der Waals surface area contributed by atoms with Crippen LogP contribution in [0.15, 0.2) is 24.3 Å². The van der Waals surface area contributed by atoms with Crippen LogP contribution >= 0.6 is 0 Å². The number of ether oxygens (including phenoxy) is 1. The van der Waals surface area contributed by atoms with Crippen molar-refractivity contribution in [1.29, 1.82) is 0 Å². The number of rotatable bonds is 6. The van der Waals surface area contributed by atoms with Crippen molar-refractivity contribution in [1.82, 2.24) is 5.32 Å². The summed E-state index contributed by atoms with van der Waals surface area (Å²) in [6.07, 6.45) is 0.237. The Bertz CT molecular complexity index is 532. The van der Waals surface area contributed by atoms with Gasteiger partial charge in [0.15, 0.2) is 0 Å². The van der Waals surface area contributed by atoms with Gasteiger partial charge in [-0.2, -0.15) is 0 Å². The van der Waals surface area contributed by atoms with E-state index in [1.165, 1.54) is 12.1 Å². The molecule has 23 heavy (non-hydrogen) atoms. The summed E-state index contributed by atoms with van der Waals surface area (Å²) in [4.78, 5) is 23.8. The molecule has 0 spiro atoms. The number of ketones is 1. The maximum absolute atomic E-state index is 13.1. The molecule has 0 radical (unpaired) electrons. The highest BCUT2D eigenvalue weighted by Crippen LogP contribution is 2.21. The second-order valence-electron chi connectivity index (χ2n) is 6.91. The van der Waals surface area contributed by atoms with Gasteiger partial charge in [0.1, 0.15) is 17.2 Å². The molecule has 1 aromatic carbocycles. The Hall–Kier alpha value is -1.91. The number of alkyl carbamates (subject to hydrolysis) is 1. The van der Waals surface area contributed by atoms with Gasteiger partial charge in [-0.1, -0.05) is 26.0 Å². The molecular weight excluding hydrogens is 297 g/mol. The summed E-state index contributed by atoms with van der Waals surface area (Å²) in [5.41, 5.74) is 0.138. The quantitative estimate of drug-likeness (QED) is 0.844. The van der Waals surface area contributed by atoms with Crippen LogP contribution < -0.4 is 5.32 Å². The number of benzene rings is 1. The molecule has 1 atom stereocenters. The lowest BCUT2D eigenvalue weighted by Crippen LogP contribution is -2.35. The highest BCUT2D eigenvalue weighted by Gasteiger charge is 2.21. The lowest BCUT2D eigenvalue weighted by atomic mass is 9.97. The molecule has 0 fully saturated rings. The topological polar surface area (TPSA) is 55.4 Å². The molecule has 1 amide bonds. The van der Waals surface area contributed by atoms with E-state index in [0.717, 1.165) is 5.56 Å². The molecular formula is C18H26FNO3. The fourth-order valence-corrected chi connectivity index (χ4v) is 2.04. The molecule has 0 aromatic heterocycles. The van der Waals surface area contributed by atoms with Gasteiger partial charge in [-0.25, -0.2) is 9.18 Å². The van der Waals surface area contributed by atoms with Gasteiger partial charge < -0.3 is 10.1 Å². The number of halogens is 1. The molecule has 4 nitrogen and oxygen atoms in total. The van der Waals surface area contributed by atoms with Crippen molar-refractivity contribution in [3.8, 4) is 0 Å². The first-order chi connectivity index (χ1) is 10.6. The lowest BCUT2D eigenvalue weighted by molar-refractivity contribution is -0.122. The van der Waals surface area contributed by atoms with Gasteiger partial charge in [-0.05, 0) is 44.9 Å². The van der Waals surface area contributed by atoms with Crippen molar-refractivity contribution < 1.29 is 18.7 Å². The average Bonchev–Trinajstić information content (AvgIpc) is 2.41. The van der Waals surface area contributed by atoms with Gasteiger partial charge >= 0.3 is 6.09 Å². The van der Waals surface area contributed by atoms with Crippen LogP contribution in [0.4, 0.5) is 9.18 Å². The molecule has 0 bridgehead atoms. The zero-order chi connectivity index (χ0) is 17.6. The van der Waals surface area contributed by atoms with Crippen molar-refractivity contribution in [3.63, 3.8) is 0 Å². The van der Waals surface area contributed by atoms with Gasteiger partial charge in [0.25, 0.3) is 0 Å². The molecule has 128 valence electrons. The second kappa shape index (κ2) is 8.09. The third-order valence-corrected chi connectivity index (χ3v) is 3.29. The van der Waals surface area contributed by atoms with E-state index in [2.05, 4.69) is 5.32 Å². The molecule has 0 saturated heterocycles. The molecule has 0 aliphatic heterocycles. The van der Waals surface area contributed by atoms with Crippen LogP contribution in [-0.2, 0) is 9.53 Å². The third-order valence-electron chi connectivity index (χ3n) is 3.29. The van der Waals surface area contributed by atoms with Gasteiger partial charge in [-0.15, -0.1) is 0 Å². The summed E-state index contributed by atoms with van der Waals surface area (Å²) in [7, 11) is 0. The normalized spacial score (nSPS) is 12.8. The molecule has 1 rings (SSSR count). The number of Topliss-reactive ketones (excluding diaryl/α,β-unsaturated/α-hetero) is 1. The van der Waals surface area contributed by atoms with Crippen LogP contribution in [0.2, 0.25) is 0 Å². The predicted molar refractivity (Wildman–Crippen MR) is 87.6 cm³/mol. The molecule has 1 N–H and O–H groups in total. The lowest BCUT2D eigenvalue weighted by Gasteiger charge is -2.24. The van der Waals surface area contributed by atoms with E-state index in [4.69, 9.17) is 4.74 Å². The molecule has 5 heteroatoms. The summed E-state index contributed by atoms with van der Waals surface area (Å²) in [5, 5.41) is 2.77. The fraction of sp³-hybridized carbons (Fsp3) is 0.556. The zero-order valence-corrected chi connectivity index (χ0v) is 14.5. The Morgan fingerprint density at radius 3 is 2.22 bits per heavy atom. The Balaban J connectivity index is 2.81. The van der Waals surface area contributed by atoms with Crippen LogP contribution in [0.5, 0.6) is 0 Å². The van der Waals surface area contributed by atoms with Gasteiger partial charge in [0, 0.05) is 12.3 Å². The minimum Gasteiger partial charge on any atom is -0.444 e. The van der Waals surface area contributed by atoms with E-state index in [0.29, 0.717) is 12.8 Å². The molecule has 0 unspecified atom stereocenters. The Labute approximate surface area is 137 Å². The first-order valence-corrected chi connectivity index (χ1v) is 7.86. The summed E-state index contributed by atoms with van der Waals surface area (Å²) in [6, 6.07) is 5.49. The van der Waals surface area contributed by atoms with E-state index in [-0.39, 0.29) is 17.5 Å². The van der Waals surface area contributed by atoms with Crippen molar-refractivity contribution >= 4 is 11.9 Å². The maximum Gasteiger partial charge on any atom is 0.408 e. The van der Waals surface area contributed by atoms with Gasteiger partial charge in [-0.3, -0.25) is 4.79 Å². The highest BCUT2D eigenvalue weighted by atomic mass is 19.1. The number of carbonyl (C=O) groups is 2. The smallest absolute Gasteiger partial charge is 0.408 e. The number of hydrogen-bond acceptors (Lipinski definition) is 3. The fourth-order valence-electron chi connectivity index (χ4n) is 2.04. The maximum atomic E-state index is 13.1. The third kappa shape index (κ3) is 7.26. The summed E-state index contributed by atoms with van der Waals surface area (Å²) < 4.78 is 18.3. The first-order valence-electron chi connectivity index (χ1n) is 7.86. The summed E-state index contributed by atoms with van der Waals surface area (Å²) in [5.74, 6) is -0.267. The Kier molecular flexibility index (Phi) is 6.73. The molecule has 1 aromatic rings. The highest BCUT2D eigenvalue weighted by molar-refractivity contribution is 5.80. The van der Waals surface area contributed by atoms with Crippen molar-refractivity contribution in [2.45, 2.75) is 59.1 Å². The van der Waals surface area contributed by atoms with E-state index in [1.54, 1.807) is 32.9 Å². The zero-order valence-electron chi connectivity index (χ0n) is 14.5. The number of hydrogen-bond donors (Lipinski definition) is 1. The van der Waals surface area contributed by atoms with E-state index in [9.17, 15) is 14.0 Å². The monoisotopic (exact) mass is 323 g/mol. The van der Waals surface area contributed by atoms with Crippen molar-refractivity contribution in [2.24, 2.45) is 5.92 Å². The van der Waals surface area contributed by atoms with Crippen LogP contribution in [0.25, 0.3) is 0 Å². The van der Waals surface area contributed by atoms with Crippen LogP contribution in [-0.4, -0.2) is 17.5 Å². The van der Waals surface area contributed by atoms with Crippen LogP contribution in [0, 0.1) is 11.7 Å². The number of carbonyl (C=O) groups excluding carboxylic acids is 2. The van der Waals surface area contributed by atoms with E-state index in [1.807, 2.05) is 13.8 Å². The predicted octanol–water partition coefficient (Wildman–Crippen LogP) is 4.40. The minimum absolute atomic E-state index is 0.0506. The SMILES string of the molecule is CC(C)C(=O)CC[C@H](NC(=O)OC(C)(C)C)c1ccc(F)cc1. The van der Waals surface area contributed by atoms with E-state index < -0.39 is 17.7 Å². The molecule has 0 saturated carbocycles. The van der Waals surface area contributed by atoms with Crippen molar-refractivity contribution in [2.75, 3.05) is 0 Å². The average molecular weight is 323 g/mol.